The van der Waals surface area contributed by atoms with Gasteiger partial charge in [-0.3, -0.25) is 15.0 Å². The van der Waals surface area contributed by atoms with E-state index in [1.807, 2.05) is 12.1 Å². The lowest BCUT2D eigenvalue weighted by Gasteiger charge is -2.25. The number of carbonyl (C=O) groups is 2. The maximum absolute atomic E-state index is 11.9. The van der Waals surface area contributed by atoms with Crippen LogP contribution >= 0.6 is 0 Å². The molecule has 3 N–H and O–H groups in total. The number of nitrogens with one attached hydrogen (secondary N) is 1. The second-order valence-electron chi connectivity index (χ2n) is 4.59. The van der Waals surface area contributed by atoms with Gasteiger partial charge < -0.3 is 10.2 Å². The second kappa shape index (κ2) is 5.31. The molecule has 3 rings (SSSR count). The lowest BCUT2D eigenvalue weighted by Crippen LogP contribution is -2.49. The summed E-state index contributed by atoms with van der Waals surface area (Å²) in [6.07, 6.45) is 1.79. The third-order valence-electron chi connectivity index (χ3n) is 3.23. The van der Waals surface area contributed by atoms with E-state index in [4.69, 9.17) is 10.2 Å². The van der Waals surface area contributed by atoms with Gasteiger partial charge in [0, 0.05) is 23.9 Å². The van der Waals surface area contributed by atoms with Crippen LogP contribution in [0, 0.1) is 11.8 Å². The molecule has 0 bridgehead atoms. The van der Waals surface area contributed by atoms with Gasteiger partial charge in [0.1, 0.15) is 11.8 Å². The number of hydrogen-bond acceptors (Lipinski definition) is 4. The van der Waals surface area contributed by atoms with Gasteiger partial charge in [0.2, 0.25) is 5.91 Å². The van der Waals surface area contributed by atoms with Crippen molar-refractivity contribution in [3.05, 3.63) is 30.0 Å². The number of urea groups is 1. The van der Waals surface area contributed by atoms with Crippen molar-refractivity contribution in [1.29, 1.82) is 0 Å². The molecule has 2 aromatic rings. The van der Waals surface area contributed by atoms with Crippen LogP contribution in [0.15, 0.2) is 28.9 Å². The Morgan fingerprint density at radius 1 is 1.38 bits per heavy atom. The predicted octanol–water partition coefficient (Wildman–Crippen LogP) is 1.19. The molecule has 1 aliphatic heterocycles. The van der Waals surface area contributed by atoms with Crippen LogP contribution < -0.4 is 16.0 Å². The van der Waals surface area contributed by atoms with Crippen LogP contribution in [0.25, 0.3) is 11.0 Å². The number of nitrogens with two attached hydrogens (primary N) is 1. The van der Waals surface area contributed by atoms with Gasteiger partial charge in [0.15, 0.2) is 0 Å². The third kappa shape index (κ3) is 2.47. The molecule has 0 saturated carbocycles. The summed E-state index contributed by atoms with van der Waals surface area (Å²) in [7, 11) is 0. The highest BCUT2D eigenvalue weighted by atomic mass is 16.3. The summed E-state index contributed by atoms with van der Waals surface area (Å²) in [6.45, 7) is 0.636. The molecule has 1 aliphatic rings. The van der Waals surface area contributed by atoms with E-state index in [0.29, 0.717) is 24.4 Å². The van der Waals surface area contributed by atoms with E-state index < -0.39 is 6.03 Å². The number of imide groups is 1. The van der Waals surface area contributed by atoms with Gasteiger partial charge in [-0.2, -0.15) is 0 Å². The lowest BCUT2D eigenvalue weighted by atomic mass is 10.1. The zero-order valence-electron chi connectivity index (χ0n) is 11.2. The number of carbonyl (C=O) groups excluding carboxylic acids is 2. The van der Waals surface area contributed by atoms with E-state index in [2.05, 4.69) is 17.2 Å². The summed E-state index contributed by atoms with van der Waals surface area (Å²) in [6, 6.07) is 5.06. The first-order chi connectivity index (χ1) is 10.2. The Kier molecular flexibility index (Phi) is 3.34. The van der Waals surface area contributed by atoms with Gasteiger partial charge in [-0.05, 0) is 18.2 Å². The molecule has 6 heteroatoms. The Morgan fingerprint density at radius 2 is 2.24 bits per heavy atom. The predicted molar refractivity (Wildman–Crippen MR) is 77.6 cm³/mol. The molecule has 6 nitrogen and oxygen atoms in total. The van der Waals surface area contributed by atoms with E-state index in [1.165, 1.54) is 11.2 Å². The fourth-order valence-electron chi connectivity index (χ4n) is 2.25. The molecule has 0 atom stereocenters. The minimum absolute atomic E-state index is 0.261. The molecule has 2 heterocycles. The van der Waals surface area contributed by atoms with Crippen molar-refractivity contribution in [2.75, 3.05) is 18.0 Å². The number of fused-ring (bicyclic) bond motifs is 1. The standard InChI is InChI=1S/C15H13N3O3/c16-6-1-2-10-3-4-11-12(9-21-13(11)8-10)18-7-5-14(19)17-15(18)20/h3-4,8-9H,5-7,16H2,(H,17,19,20). The number of anilines is 1. The van der Waals surface area contributed by atoms with Crippen LogP contribution in [-0.2, 0) is 4.79 Å². The minimum atomic E-state index is -0.430. The van der Waals surface area contributed by atoms with Gasteiger partial charge in [-0.1, -0.05) is 11.8 Å². The highest BCUT2D eigenvalue weighted by Gasteiger charge is 2.26. The molecule has 0 unspecified atom stereocenters. The third-order valence-corrected chi connectivity index (χ3v) is 3.23. The van der Waals surface area contributed by atoms with Gasteiger partial charge in [-0.15, -0.1) is 0 Å². The molecule has 1 fully saturated rings. The molecule has 1 aromatic carbocycles. The monoisotopic (exact) mass is 283 g/mol. The number of benzene rings is 1. The molecule has 21 heavy (non-hydrogen) atoms. The van der Waals surface area contributed by atoms with Crippen LogP contribution in [0.2, 0.25) is 0 Å². The molecule has 0 radical (unpaired) electrons. The van der Waals surface area contributed by atoms with Crippen molar-refractivity contribution in [2.24, 2.45) is 5.73 Å². The Morgan fingerprint density at radius 3 is 3.00 bits per heavy atom. The summed E-state index contributed by atoms with van der Waals surface area (Å²) in [5.74, 6) is 5.44. The zero-order chi connectivity index (χ0) is 14.8. The Bertz CT molecular complexity index is 782. The average Bonchev–Trinajstić information content (AvgIpc) is 2.88. The molecular formula is C15H13N3O3. The summed E-state index contributed by atoms with van der Waals surface area (Å²) in [5, 5.41) is 3.10. The van der Waals surface area contributed by atoms with E-state index in [1.54, 1.807) is 6.07 Å². The first-order valence-electron chi connectivity index (χ1n) is 6.50. The van der Waals surface area contributed by atoms with Crippen molar-refractivity contribution in [3.63, 3.8) is 0 Å². The number of furan rings is 1. The first kappa shape index (κ1) is 13.2. The van der Waals surface area contributed by atoms with Crippen molar-refractivity contribution in [1.82, 2.24) is 5.32 Å². The maximum atomic E-state index is 11.9. The number of hydrogen-bond donors (Lipinski definition) is 2. The lowest BCUT2D eigenvalue weighted by molar-refractivity contribution is -0.120. The number of amides is 3. The number of rotatable bonds is 1. The molecule has 0 spiro atoms. The van der Waals surface area contributed by atoms with Crippen LogP contribution in [0.4, 0.5) is 10.5 Å². The van der Waals surface area contributed by atoms with Crippen LogP contribution in [0.3, 0.4) is 0 Å². The van der Waals surface area contributed by atoms with Crippen molar-refractivity contribution >= 4 is 28.6 Å². The van der Waals surface area contributed by atoms with E-state index in [-0.39, 0.29) is 12.3 Å². The Balaban J connectivity index is 1.97. The summed E-state index contributed by atoms with van der Waals surface area (Å²) < 4.78 is 5.49. The first-order valence-corrected chi connectivity index (χ1v) is 6.50. The average molecular weight is 283 g/mol. The SMILES string of the molecule is NCC#Cc1ccc2c(N3CCC(=O)NC3=O)coc2c1. The van der Waals surface area contributed by atoms with Crippen LogP contribution in [0.1, 0.15) is 12.0 Å². The number of nitrogens with zero attached hydrogens (tertiary/aromatic N) is 1. The zero-order valence-corrected chi connectivity index (χ0v) is 11.2. The highest BCUT2D eigenvalue weighted by Crippen LogP contribution is 2.30. The second-order valence-corrected chi connectivity index (χ2v) is 4.59. The van der Waals surface area contributed by atoms with Crippen molar-refractivity contribution < 1.29 is 14.0 Å². The summed E-state index contributed by atoms with van der Waals surface area (Å²) in [4.78, 5) is 24.6. The minimum Gasteiger partial charge on any atom is -0.462 e. The Hall–Kier alpha value is -2.78. The van der Waals surface area contributed by atoms with E-state index in [9.17, 15) is 9.59 Å². The van der Waals surface area contributed by atoms with Crippen molar-refractivity contribution in [2.45, 2.75) is 6.42 Å². The smallest absolute Gasteiger partial charge is 0.328 e. The highest BCUT2D eigenvalue weighted by molar-refractivity contribution is 6.09. The fraction of sp³-hybridized carbons (Fsp3) is 0.200. The van der Waals surface area contributed by atoms with Gasteiger partial charge in [-0.25, -0.2) is 4.79 Å². The van der Waals surface area contributed by atoms with Crippen LogP contribution in [0.5, 0.6) is 0 Å². The van der Waals surface area contributed by atoms with Crippen LogP contribution in [-0.4, -0.2) is 25.0 Å². The molecule has 106 valence electrons. The maximum Gasteiger partial charge on any atom is 0.328 e. The summed E-state index contributed by atoms with van der Waals surface area (Å²) in [5.41, 5.74) is 7.42. The van der Waals surface area contributed by atoms with E-state index >= 15 is 0 Å². The van der Waals surface area contributed by atoms with Gasteiger partial charge in [0.05, 0.1) is 12.2 Å². The fourth-order valence-corrected chi connectivity index (χ4v) is 2.25. The van der Waals surface area contributed by atoms with Gasteiger partial charge in [0.25, 0.3) is 0 Å². The molecule has 1 saturated heterocycles. The van der Waals surface area contributed by atoms with E-state index in [0.717, 1.165) is 10.9 Å². The summed E-state index contributed by atoms with van der Waals surface area (Å²) >= 11 is 0. The largest absolute Gasteiger partial charge is 0.462 e. The van der Waals surface area contributed by atoms with Crippen molar-refractivity contribution in [3.8, 4) is 11.8 Å². The van der Waals surface area contributed by atoms with Gasteiger partial charge >= 0.3 is 6.03 Å². The molecular weight excluding hydrogens is 270 g/mol. The molecule has 1 aromatic heterocycles. The Labute approximate surface area is 120 Å². The normalized spacial score (nSPS) is 14.8. The quantitative estimate of drug-likeness (QED) is 0.769. The topological polar surface area (TPSA) is 88.6 Å². The molecule has 3 amide bonds. The molecule has 0 aliphatic carbocycles.